The molecule has 1 aliphatic heterocycles. The minimum Gasteiger partial charge on any atom is -0.504 e. The third-order valence-corrected chi connectivity index (χ3v) is 3.53. The van der Waals surface area contributed by atoms with Gasteiger partial charge in [0.25, 0.3) is 0 Å². The minimum absolute atomic E-state index is 0.00731. The van der Waals surface area contributed by atoms with Crippen molar-refractivity contribution < 1.29 is 29.2 Å². The summed E-state index contributed by atoms with van der Waals surface area (Å²) in [6, 6.07) is 7.90. The fourth-order valence-electron chi connectivity index (χ4n) is 2.35. The molecule has 2 aromatic carbocycles. The molecule has 3 rings (SSSR count). The summed E-state index contributed by atoms with van der Waals surface area (Å²) in [6.45, 7) is 0. The van der Waals surface area contributed by atoms with Crippen molar-refractivity contribution in [3.63, 3.8) is 0 Å². The molecule has 0 unspecified atom stereocenters. The largest absolute Gasteiger partial charge is 0.504 e. The molecule has 0 radical (unpaired) electrons. The first kappa shape index (κ1) is 14.8. The predicted octanol–water partition coefficient (Wildman–Crippen LogP) is 2.73. The van der Waals surface area contributed by atoms with Crippen LogP contribution in [0.4, 0.5) is 0 Å². The smallest absolute Gasteiger partial charge is 0.232 e. The van der Waals surface area contributed by atoms with Gasteiger partial charge in [-0.2, -0.15) is 0 Å². The van der Waals surface area contributed by atoms with Crippen LogP contribution >= 0.6 is 0 Å². The van der Waals surface area contributed by atoms with Crippen LogP contribution in [0.1, 0.15) is 15.9 Å². The molecule has 1 aliphatic rings. The Morgan fingerprint density at radius 2 is 1.70 bits per heavy atom. The lowest BCUT2D eigenvalue weighted by Gasteiger charge is -2.07. The Labute approximate surface area is 132 Å². The van der Waals surface area contributed by atoms with E-state index in [0.29, 0.717) is 5.56 Å². The van der Waals surface area contributed by atoms with Crippen molar-refractivity contribution in [3.05, 3.63) is 47.2 Å². The van der Waals surface area contributed by atoms with Crippen LogP contribution in [0.5, 0.6) is 28.7 Å². The number of phenolic OH excluding ortho intramolecular Hbond substituents is 2. The van der Waals surface area contributed by atoms with Crippen LogP contribution in [0.25, 0.3) is 6.08 Å². The van der Waals surface area contributed by atoms with E-state index in [2.05, 4.69) is 0 Å². The van der Waals surface area contributed by atoms with Gasteiger partial charge < -0.3 is 24.4 Å². The van der Waals surface area contributed by atoms with Gasteiger partial charge in [-0.3, -0.25) is 4.79 Å². The zero-order valence-electron chi connectivity index (χ0n) is 12.5. The van der Waals surface area contributed by atoms with Crippen molar-refractivity contribution in [2.75, 3.05) is 14.2 Å². The third kappa shape index (κ3) is 2.34. The lowest BCUT2D eigenvalue weighted by atomic mass is 10.1. The Morgan fingerprint density at radius 3 is 2.39 bits per heavy atom. The summed E-state index contributed by atoms with van der Waals surface area (Å²) in [5.74, 6) is -0.197. The van der Waals surface area contributed by atoms with E-state index in [-0.39, 0.29) is 45.9 Å². The van der Waals surface area contributed by atoms with E-state index in [1.807, 2.05) is 0 Å². The van der Waals surface area contributed by atoms with E-state index < -0.39 is 0 Å². The Kier molecular flexibility index (Phi) is 3.57. The molecule has 6 nitrogen and oxygen atoms in total. The quantitative estimate of drug-likeness (QED) is 0.847. The normalized spacial score (nSPS) is 14.5. The van der Waals surface area contributed by atoms with E-state index in [1.165, 1.54) is 32.4 Å². The van der Waals surface area contributed by atoms with Crippen molar-refractivity contribution in [2.24, 2.45) is 0 Å². The lowest BCUT2D eigenvalue weighted by molar-refractivity contribution is 0.101. The number of rotatable bonds is 3. The van der Waals surface area contributed by atoms with E-state index in [9.17, 15) is 15.0 Å². The van der Waals surface area contributed by atoms with Crippen molar-refractivity contribution >= 4 is 11.9 Å². The molecule has 118 valence electrons. The molecule has 2 aromatic rings. The maximum absolute atomic E-state index is 12.4. The molecular formula is C17H14O6. The van der Waals surface area contributed by atoms with Crippen LogP contribution in [0.3, 0.4) is 0 Å². The summed E-state index contributed by atoms with van der Waals surface area (Å²) < 4.78 is 15.5. The van der Waals surface area contributed by atoms with E-state index in [1.54, 1.807) is 18.2 Å². The van der Waals surface area contributed by atoms with Gasteiger partial charge in [0.1, 0.15) is 0 Å². The number of Topliss-reactive ketones (excluding diaryl/α,β-unsaturated/α-hetero) is 1. The van der Waals surface area contributed by atoms with Gasteiger partial charge in [-0.15, -0.1) is 0 Å². The van der Waals surface area contributed by atoms with Crippen LogP contribution in [0.2, 0.25) is 0 Å². The number of fused-ring (bicyclic) bond motifs is 1. The van der Waals surface area contributed by atoms with E-state index in [0.717, 1.165) is 0 Å². The van der Waals surface area contributed by atoms with Crippen molar-refractivity contribution in [1.29, 1.82) is 0 Å². The summed E-state index contributed by atoms with van der Waals surface area (Å²) >= 11 is 0. The van der Waals surface area contributed by atoms with Gasteiger partial charge in [0.2, 0.25) is 11.5 Å². The SMILES string of the molecule is COc1cccc(/C=C2/Oc3c(ccc(OC)c3O)C2=O)c1O. The molecule has 0 saturated heterocycles. The number of methoxy groups -OCH3 is 2. The number of phenols is 2. The van der Waals surface area contributed by atoms with E-state index in [4.69, 9.17) is 14.2 Å². The van der Waals surface area contributed by atoms with Gasteiger partial charge in [0.05, 0.1) is 19.8 Å². The summed E-state index contributed by atoms with van der Waals surface area (Å²) in [4.78, 5) is 12.4. The van der Waals surface area contributed by atoms with Crippen LogP contribution in [0.15, 0.2) is 36.1 Å². The second-order valence-electron chi connectivity index (χ2n) is 4.83. The first-order chi connectivity index (χ1) is 11.1. The van der Waals surface area contributed by atoms with Crippen molar-refractivity contribution in [2.45, 2.75) is 0 Å². The number of aromatic hydroxyl groups is 2. The average Bonchev–Trinajstić information content (AvgIpc) is 2.87. The van der Waals surface area contributed by atoms with Crippen LogP contribution in [-0.2, 0) is 0 Å². The fraction of sp³-hybridized carbons (Fsp3) is 0.118. The number of allylic oxidation sites excluding steroid dienone is 1. The van der Waals surface area contributed by atoms with Crippen molar-refractivity contribution in [1.82, 2.24) is 0 Å². The summed E-state index contributed by atoms with van der Waals surface area (Å²) in [7, 11) is 2.84. The molecule has 0 bridgehead atoms. The fourth-order valence-corrected chi connectivity index (χ4v) is 2.35. The van der Waals surface area contributed by atoms with E-state index >= 15 is 0 Å². The molecule has 0 spiro atoms. The standard InChI is InChI=1S/C17H14O6/c1-21-11-5-3-4-9(14(11)18)8-13-15(19)10-6-7-12(22-2)16(20)17(10)23-13/h3-8,18,20H,1-2H3/b13-8+. The highest BCUT2D eigenvalue weighted by Gasteiger charge is 2.31. The highest BCUT2D eigenvalue weighted by molar-refractivity contribution is 6.15. The van der Waals surface area contributed by atoms with Gasteiger partial charge in [-0.1, -0.05) is 12.1 Å². The summed E-state index contributed by atoms with van der Waals surface area (Å²) in [5.41, 5.74) is 0.601. The molecule has 0 aliphatic carbocycles. The molecule has 0 fully saturated rings. The van der Waals surface area contributed by atoms with Crippen molar-refractivity contribution in [3.8, 4) is 28.7 Å². The molecule has 0 atom stereocenters. The molecule has 0 aromatic heterocycles. The maximum Gasteiger partial charge on any atom is 0.232 e. The average molecular weight is 314 g/mol. The Hall–Kier alpha value is -3.15. The first-order valence-corrected chi connectivity index (χ1v) is 6.77. The minimum atomic E-state index is -0.389. The Morgan fingerprint density at radius 1 is 1.00 bits per heavy atom. The number of hydrogen-bond donors (Lipinski definition) is 2. The monoisotopic (exact) mass is 314 g/mol. The second kappa shape index (κ2) is 5.57. The molecular weight excluding hydrogens is 300 g/mol. The van der Waals surface area contributed by atoms with Gasteiger partial charge in [0.15, 0.2) is 28.8 Å². The first-order valence-electron chi connectivity index (χ1n) is 6.77. The zero-order chi connectivity index (χ0) is 16.6. The van der Waals surface area contributed by atoms with Gasteiger partial charge in [-0.05, 0) is 24.3 Å². The number of benzene rings is 2. The molecule has 23 heavy (non-hydrogen) atoms. The van der Waals surface area contributed by atoms with Gasteiger partial charge in [-0.25, -0.2) is 0 Å². The number of ketones is 1. The Balaban J connectivity index is 2.04. The van der Waals surface area contributed by atoms with Gasteiger partial charge >= 0.3 is 0 Å². The molecule has 0 amide bonds. The highest BCUT2D eigenvalue weighted by atomic mass is 16.5. The predicted molar refractivity (Wildman–Crippen MR) is 82.3 cm³/mol. The highest BCUT2D eigenvalue weighted by Crippen LogP contribution is 2.45. The number of hydrogen-bond acceptors (Lipinski definition) is 6. The van der Waals surface area contributed by atoms with Crippen LogP contribution < -0.4 is 14.2 Å². The number of carbonyl (C=O) groups is 1. The second-order valence-corrected chi connectivity index (χ2v) is 4.83. The number of para-hydroxylation sites is 1. The number of ether oxygens (including phenoxy) is 3. The summed E-state index contributed by atoms with van der Waals surface area (Å²) in [6.07, 6.45) is 1.39. The Bertz CT molecular complexity index is 822. The van der Waals surface area contributed by atoms with Crippen LogP contribution in [-0.4, -0.2) is 30.2 Å². The molecule has 6 heteroatoms. The maximum atomic E-state index is 12.4. The third-order valence-electron chi connectivity index (χ3n) is 3.53. The van der Waals surface area contributed by atoms with Gasteiger partial charge in [0, 0.05) is 5.56 Å². The zero-order valence-corrected chi connectivity index (χ0v) is 12.5. The number of carbonyl (C=O) groups excluding carboxylic acids is 1. The molecule has 2 N–H and O–H groups in total. The lowest BCUT2D eigenvalue weighted by Crippen LogP contribution is -1.98. The molecule has 1 heterocycles. The topological polar surface area (TPSA) is 85.2 Å². The molecule has 0 saturated carbocycles. The summed E-state index contributed by atoms with van der Waals surface area (Å²) in [5, 5.41) is 20.1. The van der Waals surface area contributed by atoms with Crippen LogP contribution in [0, 0.1) is 0 Å².